The lowest BCUT2D eigenvalue weighted by Crippen LogP contribution is -2.31. The maximum atomic E-state index is 12.0. The summed E-state index contributed by atoms with van der Waals surface area (Å²) < 4.78 is 0. The van der Waals surface area contributed by atoms with Crippen molar-refractivity contribution in [3.05, 3.63) is 22.4 Å². The van der Waals surface area contributed by atoms with Gasteiger partial charge in [0.25, 0.3) is 0 Å². The minimum atomic E-state index is -0.797. The average Bonchev–Trinajstić information content (AvgIpc) is 2.98. The average molecular weight is 299 g/mol. The van der Waals surface area contributed by atoms with Crippen LogP contribution in [0.15, 0.2) is 17.5 Å². The first-order valence-electron chi connectivity index (χ1n) is 6.18. The Morgan fingerprint density at radius 2 is 2.32 bits per heavy atom. The molecular weight excluding hydrogens is 282 g/mol. The van der Waals surface area contributed by atoms with Gasteiger partial charge < -0.3 is 10.0 Å². The predicted molar refractivity (Wildman–Crippen MR) is 77.4 cm³/mol. The quantitative estimate of drug-likeness (QED) is 0.905. The van der Waals surface area contributed by atoms with Crippen LogP contribution in [-0.2, 0) is 15.3 Å². The lowest BCUT2D eigenvalue weighted by molar-refractivity contribution is -0.142. The van der Waals surface area contributed by atoms with E-state index in [2.05, 4.69) is 6.07 Å². The number of aliphatic carboxylic acids is 1. The van der Waals surface area contributed by atoms with Crippen molar-refractivity contribution in [3.8, 4) is 0 Å². The third kappa shape index (κ3) is 3.73. The molecule has 1 aliphatic rings. The summed E-state index contributed by atoms with van der Waals surface area (Å²) in [6.45, 7) is 2.81. The summed E-state index contributed by atoms with van der Waals surface area (Å²) in [6.07, 6.45) is 0. The van der Waals surface area contributed by atoms with Crippen LogP contribution in [0.4, 0.5) is 0 Å². The highest BCUT2D eigenvalue weighted by Gasteiger charge is 2.36. The van der Waals surface area contributed by atoms with Gasteiger partial charge in [0.2, 0.25) is 5.91 Å². The van der Waals surface area contributed by atoms with Crippen molar-refractivity contribution in [2.75, 3.05) is 18.8 Å². The molecule has 2 atom stereocenters. The molecule has 0 unspecified atom stereocenters. The Hall–Kier alpha value is -1.01. The summed E-state index contributed by atoms with van der Waals surface area (Å²) in [5.74, 6) is 0.160. The molecule has 0 saturated carbocycles. The summed E-state index contributed by atoms with van der Waals surface area (Å²) in [7, 11) is 0. The van der Waals surface area contributed by atoms with Crippen LogP contribution in [0.3, 0.4) is 0 Å². The third-order valence-electron chi connectivity index (χ3n) is 3.33. The summed E-state index contributed by atoms with van der Waals surface area (Å²) in [5.41, 5.74) is 0. The molecule has 1 fully saturated rings. The van der Waals surface area contributed by atoms with Crippen molar-refractivity contribution >= 4 is 35.0 Å². The molecule has 0 aliphatic carbocycles. The Morgan fingerprint density at radius 3 is 2.89 bits per heavy atom. The molecule has 0 radical (unpaired) electrons. The number of carbonyl (C=O) groups excluding carboxylic acids is 1. The highest BCUT2D eigenvalue weighted by molar-refractivity contribution is 7.99. The zero-order valence-corrected chi connectivity index (χ0v) is 12.4. The Kier molecular flexibility index (Phi) is 4.87. The Morgan fingerprint density at radius 1 is 1.53 bits per heavy atom. The Bertz CT molecular complexity index is 447. The third-order valence-corrected chi connectivity index (χ3v) is 5.36. The van der Waals surface area contributed by atoms with Gasteiger partial charge in [-0.1, -0.05) is 13.0 Å². The molecule has 1 amide bonds. The van der Waals surface area contributed by atoms with Gasteiger partial charge in [-0.05, 0) is 17.4 Å². The first-order valence-corrected chi connectivity index (χ1v) is 8.22. The molecular formula is C13H17NO3S2. The molecule has 0 aromatic carbocycles. The lowest BCUT2D eigenvalue weighted by Gasteiger charge is -2.15. The number of likely N-dealkylation sites (tertiary alicyclic amines) is 1. The zero-order valence-electron chi connectivity index (χ0n) is 10.7. The van der Waals surface area contributed by atoms with Gasteiger partial charge in [0.15, 0.2) is 0 Å². The van der Waals surface area contributed by atoms with E-state index in [4.69, 9.17) is 5.11 Å². The molecule has 2 heterocycles. The van der Waals surface area contributed by atoms with Crippen LogP contribution >= 0.6 is 23.1 Å². The number of carbonyl (C=O) groups is 2. The minimum absolute atomic E-state index is 0.0451. The normalized spacial score (nSPS) is 22.7. The second-order valence-electron chi connectivity index (χ2n) is 4.79. The topological polar surface area (TPSA) is 57.6 Å². The molecule has 1 aromatic rings. The maximum Gasteiger partial charge on any atom is 0.308 e. The molecule has 4 nitrogen and oxygen atoms in total. The molecule has 104 valence electrons. The van der Waals surface area contributed by atoms with E-state index in [1.165, 1.54) is 4.88 Å². The number of thiophene rings is 1. The van der Waals surface area contributed by atoms with Gasteiger partial charge in [0.1, 0.15) is 0 Å². The first kappa shape index (κ1) is 14.4. The van der Waals surface area contributed by atoms with Crippen LogP contribution in [0.2, 0.25) is 0 Å². The summed E-state index contributed by atoms with van der Waals surface area (Å²) in [4.78, 5) is 26.0. The molecule has 6 heteroatoms. The van der Waals surface area contributed by atoms with E-state index in [0.717, 1.165) is 5.75 Å². The molecule has 1 saturated heterocycles. The van der Waals surface area contributed by atoms with E-state index in [1.54, 1.807) is 28.0 Å². The maximum absolute atomic E-state index is 12.0. The van der Waals surface area contributed by atoms with E-state index in [0.29, 0.717) is 18.8 Å². The summed E-state index contributed by atoms with van der Waals surface area (Å²) in [6, 6.07) is 4.06. The van der Waals surface area contributed by atoms with Crippen molar-refractivity contribution in [2.45, 2.75) is 12.7 Å². The van der Waals surface area contributed by atoms with Gasteiger partial charge in [-0.2, -0.15) is 0 Å². The zero-order chi connectivity index (χ0) is 13.8. The molecule has 0 bridgehead atoms. The second-order valence-corrected chi connectivity index (χ2v) is 6.81. The number of rotatable bonds is 5. The molecule has 1 aliphatic heterocycles. The monoisotopic (exact) mass is 299 g/mol. The number of hydrogen-bond donors (Lipinski definition) is 1. The Balaban J connectivity index is 1.76. The van der Waals surface area contributed by atoms with E-state index in [-0.39, 0.29) is 11.8 Å². The number of amides is 1. The van der Waals surface area contributed by atoms with Crippen molar-refractivity contribution in [1.29, 1.82) is 0 Å². The number of carboxylic acids is 1. The second kappa shape index (κ2) is 6.43. The first-order chi connectivity index (χ1) is 9.08. The van der Waals surface area contributed by atoms with Gasteiger partial charge in [0, 0.05) is 23.7 Å². The van der Waals surface area contributed by atoms with Crippen LogP contribution in [0.1, 0.15) is 11.8 Å². The molecule has 0 spiro atoms. The number of carboxylic acid groups (broad SMARTS) is 1. The van der Waals surface area contributed by atoms with Gasteiger partial charge in [-0.15, -0.1) is 23.1 Å². The summed E-state index contributed by atoms with van der Waals surface area (Å²) >= 11 is 3.28. The molecule has 1 aromatic heterocycles. The van der Waals surface area contributed by atoms with Crippen molar-refractivity contribution in [2.24, 2.45) is 11.8 Å². The summed E-state index contributed by atoms with van der Waals surface area (Å²) in [5, 5.41) is 11.1. The van der Waals surface area contributed by atoms with Crippen LogP contribution < -0.4 is 0 Å². The lowest BCUT2D eigenvalue weighted by atomic mass is 9.99. The number of thioether (sulfide) groups is 1. The highest BCUT2D eigenvalue weighted by Crippen LogP contribution is 2.24. The molecule has 1 N–H and O–H groups in total. The van der Waals surface area contributed by atoms with Crippen LogP contribution in [0, 0.1) is 11.8 Å². The fourth-order valence-electron chi connectivity index (χ4n) is 2.22. The van der Waals surface area contributed by atoms with Gasteiger partial charge >= 0.3 is 5.97 Å². The largest absolute Gasteiger partial charge is 0.481 e. The van der Waals surface area contributed by atoms with E-state index < -0.39 is 11.9 Å². The van der Waals surface area contributed by atoms with E-state index in [9.17, 15) is 9.59 Å². The molecule has 19 heavy (non-hydrogen) atoms. The van der Waals surface area contributed by atoms with Crippen molar-refractivity contribution < 1.29 is 14.7 Å². The minimum Gasteiger partial charge on any atom is -0.481 e. The van der Waals surface area contributed by atoms with Crippen LogP contribution in [0.5, 0.6) is 0 Å². The smallest absolute Gasteiger partial charge is 0.308 e. The number of hydrogen-bond acceptors (Lipinski definition) is 4. The van der Waals surface area contributed by atoms with Crippen LogP contribution in [0.25, 0.3) is 0 Å². The van der Waals surface area contributed by atoms with E-state index in [1.807, 2.05) is 18.4 Å². The van der Waals surface area contributed by atoms with Gasteiger partial charge in [-0.25, -0.2) is 0 Å². The predicted octanol–water partition coefficient (Wildman–Crippen LogP) is 2.16. The molecule has 2 rings (SSSR count). The van der Waals surface area contributed by atoms with Crippen molar-refractivity contribution in [1.82, 2.24) is 4.90 Å². The standard InChI is InChI=1S/C13H17NO3S2/c1-9-5-14(6-11(9)13(16)17)12(15)8-18-7-10-3-2-4-19-10/h2-4,9,11H,5-8H2,1H3,(H,16,17)/t9-,11-/m1/s1. The van der Waals surface area contributed by atoms with Gasteiger partial charge in [0.05, 0.1) is 11.7 Å². The number of nitrogens with zero attached hydrogens (tertiary/aromatic N) is 1. The fourth-order valence-corrected chi connectivity index (χ4v) is 3.98. The SMILES string of the molecule is C[C@@H]1CN(C(=O)CSCc2cccs2)C[C@H]1C(=O)O. The fraction of sp³-hybridized carbons (Fsp3) is 0.538. The Labute approximate surface area is 120 Å². The van der Waals surface area contributed by atoms with Crippen molar-refractivity contribution in [3.63, 3.8) is 0 Å². The van der Waals surface area contributed by atoms with Gasteiger partial charge in [-0.3, -0.25) is 9.59 Å². The van der Waals surface area contributed by atoms with Crippen LogP contribution in [-0.4, -0.2) is 40.7 Å². The highest BCUT2D eigenvalue weighted by atomic mass is 32.2. The van der Waals surface area contributed by atoms with E-state index >= 15 is 0 Å².